The maximum Gasteiger partial charge on any atom is 0.253 e. The average molecular weight is 329 g/mol. The summed E-state index contributed by atoms with van der Waals surface area (Å²) >= 11 is 0. The Labute approximate surface area is 141 Å². The number of carbonyl (C=O) groups is 1. The van der Waals surface area contributed by atoms with Crippen molar-refractivity contribution >= 4 is 16.9 Å². The summed E-state index contributed by atoms with van der Waals surface area (Å²) in [5.74, 6) is 0.0829. The van der Waals surface area contributed by atoms with E-state index in [-0.39, 0.29) is 17.9 Å². The first-order chi connectivity index (χ1) is 11.7. The van der Waals surface area contributed by atoms with Crippen LogP contribution in [0.1, 0.15) is 29.6 Å². The molecule has 1 aromatic heterocycles. The smallest absolute Gasteiger partial charge is 0.253 e. The van der Waals surface area contributed by atoms with Gasteiger partial charge in [0.15, 0.2) is 0 Å². The highest BCUT2D eigenvalue weighted by Crippen LogP contribution is 2.38. The van der Waals surface area contributed by atoms with E-state index in [0.29, 0.717) is 12.1 Å². The summed E-state index contributed by atoms with van der Waals surface area (Å²) in [5.41, 5.74) is 2.60. The zero-order chi connectivity index (χ0) is 16.6. The van der Waals surface area contributed by atoms with Crippen molar-refractivity contribution in [3.63, 3.8) is 0 Å². The quantitative estimate of drug-likeness (QED) is 0.930. The van der Waals surface area contributed by atoms with Crippen molar-refractivity contribution in [3.8, 4) is 0 Å². The molecule has 0 aliphatic carbocycles. The Morgan fingerprint density at radius 2 is 2.29 bits per heavy atom. The van der Waals surface area contributed by atoms with Crippen LogP contribution in [0, 0.1) is 5.41 Å². The first kappa shape index (κ1) is 15.6. The van der Waals surface area contributed by atoms with E-state index in [1.807, 2.05) is 27.7 Å². The van der Waals surface area contributed by atoms with Crippen LogP contribution in [0.25, 0.3) is 11.0 Å². The number of hydrogen-bond donors (Lipinski definition) is 1. The average Bonchev–Trinajstić information content (AvgIpc) is 3.22. The summed E-state index contributed by atoms with van der Waals surface area (Å²) < 4.78 is 7.48. The van der Waals surface area contributed by atoms with E-state index < -0.39 is 0 Å². The second-order valence-electron chi connectivity index (χ2n) is 7.00. The number of ether oxygens (including phenoxy) is 1. The van der Waals surface area contributed by atoms with Gasteiger partial charge in [-0.1, -0.05) is 0 Å². The van der Waals surface area contributed by atoms with Gasteiger partial charge in [-0.3, -0.25) is 4.79 Å². The predicted octanol–water partition coefficient (Wildman–Crippen LogP) is 1.67. The lowest BCUT2D eigenvalue weighted by molar-refractivity contribution is 0.0463. The largest absolute Gasteiger partial charge is 0.395 e. The highest BCUT2D eigenvalue weighted by molar-refractivity contribution is 5.97. The van der Waals surface area contributed by atoms with Crippen LogP contribution >= 0.6 is 0 Å². The summed E-state index contributed by atoms with van der Waals surface area (Å²) in [7, 11) is 0. The van der Waals surface area contributed by atoms with E-state index in [9.17, 15) is 4.79 Å². The molecule has 0 radical (unpaired) electrons. The number of fused-ring (bicyclic) bond motifs is 1. The number of aromatic nitrogens is 2. The number of hydrogen-bond acceptors (Lipinski definition) is 4. The van der Waals surface area contributed by atoms with Crippen LogP contribution in [0.15, 0.2) is 24.5 Å². The Balaban J connectivity index is 1.56. The molecule has 2 saturated heterocycles. The molecule has 3 heterocycles. The third-order valence-corrected chi connectivity index (χ3v) is 5.34. The van der Waals surface area contributed by atoms with Gasteiger partial charge in [0.1, 0.15) is 0 Å². The molecule has 128 valence electrons. The van der Waals surface area contributed by atoms with Gasteiger partial charge in [0.05, 0.1) is 30.6 Å². The van der Waals surface area contributed by atoms with Crippen molar-refractivity contribution in [3.05, 3.63) is 30.1 Å². The number of likely N-dealkylation sites (tertiary alicyclic amines) is 1. The lowest BCUT2D eigenvalue weighted by atomic mass is 9.79. The third kappa shape index (κ3) is 2.70. The van der Waals surface area contributed by atoms with Crippen LogP contribution in [0.4, 0.5) is 0 Å². The van der Waals surface area contributed by atoms with E-state index in [1.54, 1.807) is 6.33 Å². The van der Waals surface area contributed by atoms with Crippen LogP contribution < -0.4 is 0 Å². The monoisotopic (exact) mass is 329 g/mol. The molecule has 2 aliphatic rings. The van der Waals surface area contributed by atoms with Gasteiger partial charge in [-0.2, -0.15) is 0 Å². The number of piperidine rings is 1. The number of rotatable bonds is 3. The van der Waals surface area contributed by atoms with Crippen LogP contribution in [0.2, 0.25) is 0 Å². The molecule has 24 heavy (non-hydrogen) atoms. The molecule has 1 atom stereocenters. The second-order valence-corrected chi connectivity index (χ2v) is 7.00. The minimum Gasteiger partial charge on any atom is -0.395 e. The first-order valence-electron chi connectivity index (χ1n) is 8.64. The molecule has 0 bridgehead atoms. The number of imidazole rings is 1. The standard InChI is InChI=1S/C18H23N3O3/c22-8-7-21-13-19-15-10-14(2-3-16(15)21)17(23)20-6-1-4-18(11-20)5-9-24-12-18/h2-3,10,13,22H,1,4-9,11-12H2/t18-/m0/s1. The minimum atomic E-state index is 0.0735. The fraction of sp³-hybridized carbons (Fsp3) is 0.556. The second kappa shape index (κ2) is 6.18. The van der Waals surface area contributed by atoms with Gasteiger partial charge in [0, 0.05) is 37.2 Å². The highest BCUT2D eigenvalue weighted by Gasteiger charge is 2.40. The van der Waals surface area contributed by atoms with E-state index >= 15 is 0 Å². The zero-order valence-electron chi connectivity index (χ0n) is 13.8. The lowest BCUT2D eigenvalue weighted by Gasteiger charge is -2.39. The Kier molecular flexibility index (Phi) is 4.02. The summed E-state index contributed by atoms with van der Waals surface area (Å²) in [6.07, 6.45) is 4.96. The first-order valence-corrected chi connectivity index (χ1v) is 8.64. The molecule has 2 aromatic rings. The van der Waals surface area contributed by atoms with E-state index in [1.165, 1.54) is 0 Å². The number of benzene rings is 1. The van der Waals surface area contributed by atoms with Crippen molar-refractivity contribution in [1.82, 2.24) is 14.5 Å². The van der Waals surface area contributed by atoms with Crippen LogP contribution in [-0.4, -0.2) is 58.4 Å². The van der Waals surface area contributed by atoms with Gasteiger partial charge in [-0.05, 0) is 37.5 Å². The topological polar surface area (TPSA) is 67.6 Å². The highest BCUT2D eigenvalue weighted by atomic mass is 16.5. The molecular formula is C18H23N3O3. The fourth-order valence-corrected chi connectivity index (χ4v) is 4.02. The molecular weight excluding hydrogens is 306 g/mol. The molecule has 0 saturated carbocycles. The number of aliphatic hydroxyl groups is 1. The van der Waals surface area contributed by atoms with Gasteiger partial charge in [0.2, 0.25) is 0 Å². The molecule has 4 rings (SSSR count). The zero-order valence-corrected chi connectivity index (χ0v) is 13.8. The van der Waals surface area contributed by atoms with Gasteiger partial charge in [0.25, 0.3) is 5.91 Å². The Morgan fingerprint density at radius 3 is 3.08 bits per heavy atom. The van der Waals surface area contributed by atoms with Crippen LogP contribution in [0.5, 0.6) is 0 Å². The molecule has 0 unspecified atom stereocenters. The van der Waals surface area contributed by atoms with Gasteiger partial charge in [-0.25, -0.2) is 4.98 Å². The number of nitrogens with zero attached hydrogens (tertiary/aromatic N) is 3. The van der Waals surface area contributed by atoms with Crippen molar-refractivity contribution in [2.45, 2.75) is 25.8 Å². The number of amides is 1. The summed E-state index contributed by atoms with van der Waals surface area (Å²) in [5, 5.41) is 9.09. The van der Waals surface area contributed by atoms with Crippen molar-refractivity contribution < 1.29 is 14.6 Å². The summed E-state index contributed by atoms with van der Waals surface area (Å²) in [4.78, 5) is 19.3. The van der Waals surface area contributed by atoms with Crippen molar-refractivity contribution in [2.75, 3.05) is 32.9 Å². The third-order valence-electron chi connectivity index (χ3n) is 5.34. The molecule has 1 amide bonds. The molecule has 1 N–H and O–H groups in total. The van der Waals surface area contributed by atoms with Gasteiger partial charge in [-0.15, -0.1) is 0 Å². The molecule has 6 heteroatoms. The maximum absolute atomic E-state index is 12.9. The summed E-state index contributed by atoms with van der Waals surface area (Å²) in [6, 6.07) is 5.65. The van der Waals surface area contributed by atoms with E-state index in [0.717, 1.165) is 56.6 Å². The molecule has 2 aliphatic heterocycles. The Hall–Kier alpha value is -1.92. The van der Waals surface area contributed by atoms with Crippen molar-refractivity contribution in [1.29, 1.82) is 0 Å². The van der Waals surface area contributed by atoms with Crippen LogP contribution in [0.3, 0.4) is 0 Å². The van der Waals surface area contributed by atoms with Gasteiger partial charge >= 0.3 is 0 Å². The molecule has 1 aromatic carbocycles. The van der Waals surface area contributed by atoms with Crippen molar-refractivity contribution in [2.24, 2.45) is 5.41 Å². The lowest BCUT2D eigenvalue weighted by Crippen LogP contribution is -2.46. The Morgan fingerprint density at radius 1 is 1.38 bits per heavy atom. The van der Waals surface area contributed by atoms with Gasteiger partial charge < -0.3 is 19.3 Å². The Bertz CT molecular complexity index is 749. The SMILES string of the molecule is O=C(c1ccc2c(c1)ncn2CCO)N1CCC[C@]2(CCOC2)C1. The number of aliphatic hydroxyl groups excluding tert-OH is 1. The molecule has 2 fully saturated rings. The van der Waals surface area contributed by atoms with E-state index in [4.69, 9.17) is 9.84 Å². The molecule has 1 spiro atoms. The predicted molar refractivity (Wildman–Crippen MR) is 89.8 cm³/mol. The minimum absolute atomic E-state index is 0.0735. The van der Waals surface area contributed by atoms with Crippen LogP contribution in [-0.2, 0) is 11.3 Å². The maximum atomic E-state index is 12.9. The molecule has 6 nitrogen and oxygen atoms in total. The number of carbonyl (C=O) groups excluding carboxylic acids is 1. The fourth-order valence-electron chi connectivity index (χ4n) is 4.02. The normalized spacial score (nSPS) is 24.1. The summed E-state index contributed by atoms with van der Waals surface area (Å²) in [6.45, 7) is 3.79. The van der Waals surface area contributed by atoms with E-state index in [2.05, 4.69) is 4.98 Å².